The van der Waals surface area contributed by atoms with Gasteiger partial charge in [0.1, 0.15) is 6.10 Å². The number of halogens is 1. The van der Waals surface area contributed by atoms with Gasteiger partial charge in [-0.3, -0.25) is 4.68 Å². The lowest BCUT2D eigenvalue weighted by Crippen LogP contribution is -2.49. The summed E-state index contributed by atoms with van der Waals surface area (Å²) >= 11 is 3.50. The molecule has 1 aromatic heterocycles. The number of nitrogens with zero attached hydrogens (tertiary/aromatic N) is 3. The van der Waals surface area contributed by atoms with Crippen LogP contribution in [0.4, 0.5) is 0 Å². The second-order valence-corrected chi connectivity index (χ2v) is 5.66. The van der Waals surface area contributed by atoms with E-state index in [2.05, 4.69) is 39.8 Å². The van der Waals surface area contributed by atoms with Crippen molar-refractivity contribution in [3.8, 4) is 0 Å². The van der Waals surface area contributed by atoms with E-state index in [0.717, 1.165) is 29.6 Å². The third kappa shape index (κ3) is 2.49. The summed E-state index contributed by atoms with van der Waals surface area (Å²) < 4.78 is 2.74. The lowest BCUT2D eigenvalue weighted by molar-refractivity contribution is -0.0202. The summed E-state index contributed by atoms with van der Waals surface area (Å²) in [6, 6.07) is 0. The van der Waals surface area contributed by atoms with E-state index in [-0.39, 0.29) is 5.54 Å². The van der Waals surface area contributed by atoms with Gasteiger partial charge >= 0.3 is 0 Å². The Bertz CT molecular complexity index is 386. The number of aliphatic hydroxyl groups excluding tert-OH is 1. The molecule has 1 atom stereocenters. The van der Waals surface area contributed by atoms with E-state index in [1.807, 2.05) is 25.7 Å². The molecular weight excluding hydrogens is 294 g/mol. The predicted octanol–water partition coefficient (Wildman–Crippen LogP) is 2.82. The number of aryl methyl sites for hydroxylation is 1. The SMILES string of the molecule is CCn1ncc(Br)c1C(O)C(CC)(CC)N(C)C. The van der Waals surface area contributed by atoms with Gasteiger partial charge in [-0.15, -0.1) is 0 Å². The van der Waals surface area contributed by atoms with Gasteiger partial charge < -0.3 is 10.0 Å². The van der Waals surface area contributed by atoms with Crippen LogP contribution >= 0.6 is 15.9 Å². The third-order valence-electron chi connectivity index (χ3n) is 4.02. The van der Waals surface area contributed by atoms with Crippen LogP contribution < -0.4 is 0 Å². The largest absolute Gasteiger partial charge is 0.385 e. The standard InChI is InChI=1S/C13H24BrN3O/c1-6-13(7-2,16(4)5)12(18)11-10(14)9-15-17(11)8-3/h9,12,18H,6-8H2,1-5H3. The summed E-state index contributed by atoms with van der Waals surface area (Å²) in [4.78, 5) is 2.12. The van der Waals surface area contributed by atoms with Gasteiger partial charge in [0.15, 0.2) is 0 Å². The van der Waals surface area contributed by atoms with Crippen molar-refractivity contribution in [3.05, 3.63) is 16.4 Å². The third-order valence-corrected chi connectivity index (χ3v) is 4.63. The summed E-state index contributed by atoms with van der Waals surface area (Å²) in [6.45, 7) is 7.03. The maximum Gasteiger partial charge on any atom is 0.115 e. The molecule has 0 saturated heterocycles. The molecule has 0 aromatic carbocycles. The van der Waals surface area contributed by atoms with Crippen LogP contribution in [0.3, 0.4) is 0 Å². The van der Waals surface area contributed by atoms with Gasteiger partial charge in [-0.2, -0.15) is 5.10 Å². The first-order valence-electron chi connectivity index (χ1n) is 6.51. The molecule has 0 aliphatic rings. The van der Waals surface area contributed by atoms with Gasteiger partial charge in [0.2, 0.25) is 0 Å². The van der Waals surface area contributed by atoms with Crippen LogP contribution in [-0.2, 0) is 6.54 Å². The molecule has 18 heavy (non-hydrogen) atoms. The second kappa shape index (κ2) is 6.17. The Labute approximate surface area is 118 Å². The average Bonchev–Trinajstić information content (AvgIpc) is 2.71. The van der Waals surface area contributed by atoms with E-state index >= 15 is 0 Å². The van der Waals surface area contributed by atoms with Crippen molar-refractivity contribution in [1.82, 2.24) is 14.7 Å². The smallest absolute Gasteiger partial charge is 0.115 e. The summed E-state index contributed by atoms with van der Waals surface area (Å²) in [6.07, 6.45) is 2.98. The highest BCUT2D eigenvalue weighted by Crippen LogP contribution is 2.38. The molecule has 0 saturated carbocycles. The molecule has 0 bridgehead atoms. The van der Waals surface area contributed by atoms with Crippen LogP contribution in [0.5, 0.6) is 0 Å². The Morgan fingerprint density at radius 1 is 1.39 bits per heavy atom. The van der Waals surface area contributed by atoms with E-state index in [9.17, 15) is 5.11 Å². The van der Waals surface area contributed by atoms with E-state index in [0.29, 0.717) is 0 Å². The van der Waals surface area contributed by atoms with Crippen LogP contribution in [0.15, 0.2) is 10.7 Å². The molecule has 4 nitrogen and oxygen atoms in total. The van der Waals surface area contributed by atoms with E-state index < -0.39 is 6.10 Å². The monoisotopic (exact) mass is 317 g/mol. The van der Waals surface area contributed by atoms with Crippen molar-refractivity contribution >= 4 is 15.9 Å². The predicted molar refractivity (Wildman–Crippen MR) is 77.6 cm³/mol. The molecule has 0 amide bonds. The normalized spacial score (nSPS) is 14.2. The van der Waals surface area contributed by atoms with Crippen LogP contribution in [0.25, 0.3) is 0 Å². The Morgan fingerprint density at radius 2 is 1.94 bits per heavy atom. The summed E-state index contributed by atoms with van der Waals surface area (Å²) in [5.74, 6) is 0. The number of aliphatic hydroxyl groups is 1. The highest BCUT2D eigenvalue weighted by Gasteiger charge is 2.40. The van der Waals surface area contributed by atoms with Crippen molar-refractivity contribution in [3.63, 3.8) is 0 Å². The van der Waals surface area contributed by atoms with E-state index in [1.165, 1.54) is 0 Å². The van der Waals surface area contributed by atoms with E-state index in [4.69, 9.17) is 0 Å². The topological polar surface area (TPSA) is 41.3 Å². The molecule has 0 spiro atoms. The Hall–Kier alpha value is -0.390. The number of hydrogen-bond donors (Lipinski definition) is 1. The zero-order chi connectivity index (χ0) is 13.9. The average molecular weight is 318 g/mol. The van der Waals surface area contributed by atoms with Crippen molar-refractivity contribution < 1.29 is 5.11 Å². The van der Waals surface area contributed by atoms with Crippen molar-refractivity contribution in [2.45, 2.75) is 51.8 Å². The first-order valence-corrected chi connectivity index (χ1v) is 7.30. The molecule has 5 heteroatoms. The van der Waals surface area contributed by atoms with Crippen LogP contribution in [0, 0.1) is 0 Å². The van der Waals surface area contributed by atoms with Crippen LogP contribution in [-0.4, -0.2) is 39.4 Å². The number of likely N-dealkylation sites (N-methyl/N-ethyl adjacent to an activating group) is 1. The fourth-order valence-corrected chi connectivity index (χ4v) is 3.18. The first kappa shape index (κ1) is 15.7. The zero-order valence-corrected chi connectivity index (χ0v) is 13.5. The van der Waals surface area contributed by atoms with Crippen molar-refractivity contribution in [2.24, 2.45) is 0 Å². The van der Waals surface area contributed by atoms with Gasteiger partial charge in [0.25, 0.3) is 0 Å². The number of rotatable bonds is 6. The lowest BCUT2D eigenvalue weighted by atomic mass is 9.83. The summed E-state index contributed by atoms with van der Waals surface area (Å²) in [5.41, 5.74) is 0.616. The van der Waals surface area contributed by atoms with Crippen LogP contribution in [0.1, 0.15) is 45.4 Å². The van der Waals surface area contributed by atoms with Gasteiger partial charge in [-0.1, -0.05) is 13.8 Å². The molecule has 1 N–H and O–H groups in total. The Kier molecular flexibility index (Phi) is 5.37. The Balaban J connectivity index is 3.25. The number of hydrogen-bond acceptors (Lipinski definition) is 3. The highest BCUT2D eigenvalue weighted by molar-refractivity contribution is 9.10. The molecule has 0 aliphatic heterocycles. The molecule has 1 heterocycles. The molecule has 0 fully saturated rings. The summed E-state index contributed by atoms with van der Waals surface area (Å²) in [5, 5.41) is 15.1. The molecule has 1 aromatic rings. The summed E-state index contributed by atoms with van der Waals surface area (Å²) in [7, 11) is 4.05. The van der Waals surface area contributed by atoms with Gasteiger partial charge in [0.05, 0.1) is 21.9 Å². The molecule has 0 aliphatic carbocycles. The second-order valence-electron chi connectivity index (χ2n) is 4.80. The van der Waals surface area contributed by atoms with Gasteiger partial charge in [-0.25, -0.2) is 0 Å². The minimum atomic E-state index is -0.556. The molecule has 1 rings (SSSR count). The molecule has 104 valence electrons. The fourth-order valence-electron chi connectivity index (χ4n) is 2.66. The maximum absolute atomic E-state index is 10.9. The van der Waals surface area contributed by atoms with Gasteiger partial charge in [-0.05, 0) is 49.8 Å². The Morgan fingerprint density at radius 3 is 2.33 bits per heavy atom. The van der Waals surface area contributed by atoms with Crippen LogP contribution in [0.2, 0.25) is 0 Å². The van der Waals surface area contributed by atoms with E-state index in [1.54, 1.807) is 6.20 Å². The molecule has 1 unspecified atom stereocenters. The zero-order valence-electron chi connectivity index (χ0n) is 11.9. The first-order chi connectivity index (χ1) is 8.44. The fraction of sp³-hybridized carbons (Fsp3) is 0.769. The quantitative estimate of drug-likeness (QED) is 0.877. The lowest BCUT2D eigenvalue weighted by Gasteiger charge is -2.42. The highest BCUT2D eigenvalue weighted by atomic mass is 79.9. The van der Waals surface area contributed by atoms with Crippen molar-refractivity contribution in [2.75, 3.05) is 14.1 Å². The molecule has 0 radical (unpaired) electrons. The number of aromatic nitrogens is 2. The molecular formula is C13H24BrN3O. The maximum atomic E-state index is 10.9. The minimum Gasteiger partial charge on any atom is -0.385 e. The minimum absolute atomic E-state index is 0.254. The van der Waals surface area contributed by atoms with Crippen molar-refractivity contribution in [1.29, 1.82) is 0 Å². The van der Waals surface area contributed by atoms with Gasteiger partial charge in [0, 0.05) is 6.54 Å².